The Labute approximate surface area is 119 Å². The Kier molecular flexibility index (Phi) is 2.49. The second kappa shape index (κ2) is 3.91. The maximum Gasteiger partial charge on any atom is 0.246 e. The molecule has 2 atom stereocenters. The highest BCUT2D eigenvalue weighted by Crippen LogP contribution is 2.53. The minimum Gasteiger partial charge on any atom is -0.327 e. The molecule has 4 aliphatic rings. The van der Waals surface area contributed by atoms with Gasteiger partial charge >= 0.3 is 0 Å². The third-order valence-corrected chi connectivity index (χ3v) is 7.81. The smallest absolute Gasteiger partial charge is 0.246 e. The number of ketones is 1. The molecule has 0 aliphatic carbocycles. The van der Waals surface area contributed by atoms with E-state index in [4.69, 9.17) is 0 Å². The first-order valence-corrected chi connectivity index (χ1v) is 8.47. The minimum absolute atomic E-state index is 0.00667. The van der Waals surface area contributed by atoms with Crippen molar-refractivity contribution in [2.24, 2.45) is 0 Å². The molecule has 1 spiro atoms. The average Bonchev–Trinajstić information content (AvgIpc) is 3.07. The number of rotatable bonds is 0. The van der Waals surface area contributed by atoms with Crippen molar-refractivity contribution in [1.82, 2.24) is 9.80 Å². The summed E-state index contributed by atoms with van der Waals surface area (Å²) in [5.41, 5.74) is 0. The molecule has 0 N–H and O–H groups in total. The highest BCUT2D eigenvalue weighted by Gasteiger charge is 2.58. The van der Waals surface area contributed by atoms with Crippen molar-refractivity contribution in [2.75, 3.05) is 24.6 Å². The van der Waals surface area contributed by atoms with E-state index >= 15 is 0 Å². The summed E-state index contributed by atoms with van der Waals surface area (Å²) in [6.45, 7) is 0.795. The van der Waals surface area contributed by atoms with Crippen LogP contribution in [0.25, 0.3) is 0 Å². The molecule has 4 aliphatic heterocycles. The van der Waals surface area contributed by atoms with Crippen LogP contribution in [0.1, 0.15) is 12.8 Å². The Bertz CT molecular complexity index is 453. The van der Waals surface area contributed by atoms with E-state index in [1.165, 1.54) is 4.90 Å². The number of hydrogen-bond donors (Lipinski definition) is 0. The van der Waals surface area contributed by atoms with Gasteiger partial charge in [0.05, 0.1) is 10.6 Å². The van der Waals surface area contributed by atoms with Crippen molar-refractivity contribution in [1.29, 1.82) is 0 Å². The molecule has 4 saturated heterocycles. The summed E-state index contributed by atoms with van der Waals surface area (Å²) >= 11 is 3.76. The van der Waals surface area contributed by atoms with Gasteiger partial charge in [0.1, 0.15) is 12.1 Å². The summed E-state index contributed by atoms with van der Waals surface area (Å²) in [4.78, 5) is 39.7. The highest BCUT2D eigenvalue weighted by molar-refractivity contribution is 8.21. The number of hydrogen-bond acceptors (Lipinski definition) is 5. The van der Waals surface area contributed by atoms with Crippen molar-refractivity contribution in [2.45, 2.75) is 29.0 Å². The Balaban J connectivity index is 1.66. The summed E-state index contributed by atoms with van der Waals surface area (Å²) in [7, 11) is 0. The van der Waals surface area contributed by atoms with Crippen molar-refractivity contribution < 1.29 is 14.4 Å². The molecule has 0 aromatic carbocycles. The van der Waals surface area contributed by atoms with Gasteiger partial charge in [0.2, 0.25) is 11.8 Å². The van der Waals surface area contributed by atoms with Crippen LogP contribution in [0.15, 0.2) is 0 Å². The maximum atomic E-state index is 12.5. The van der Waals surface area contributed by atoms with Gasteiger partial charge in [-0.25, -0.2) is 0 Å². The number of nitrogens with zero attached hydrogens (tertiary/aromatic N) is 2. The number of amides is 2. The fraction of sp³-hybridized carbons (Fsp3) is 0.750. The Morgan fingerprint density at radius 2 is 1.68 bits per heavy atom. The van der Waals surface area contributed by atoms with Crippen molar-refractivity contribution in [3.63, 3.8) is 0 Å². The molecule has 7 heteroatoms. The number of fused-ring (bicyclic) bond motifs is 2. The quantitative estimate of drug-likeness (QED) is 0.627. The maximum absolute atomic E-state index is 12.5. The summed E-state index contributed by atoms with van der Waals surface area (Å²) in [6, 6.07) is -0.837. The highest BCUT2D eigenvalue weighted by atomic mass is 32.2. The van der Waals surface area contributed by atoms with Crippen molar-refractivity contribution >= 4 is 41.1 Å². The van der Waals surface area contributed by atoms with Crippen LogP contribution in [-0.2, 0) is 14.4 Å². The molecule has 5 nitrogen and oxygen atoms in total. The summed E-state index contributed by atoms with van der Waals surface area (Å²) in [5.74, 6) is 2.17. The zero-order chi connectivity index (χ0) is 13.2. The SMILES string of the molecule is O=C1C[C@H]2C(=O)N3CC4(CC3C(=O)N2C1)SCCS4. The Morgan fingerprint density at radius 3 is 2.42 bits per heavy atom. The largest absolute Gasteiger partial charge is 0.327 e. The number of carbonyl (C=O) groups excluding carboxylic acids is 3. The van der Waals surface area contributed by atoms with Crippen LogP contribution < -0.4 is 0 Å². The lowest BCUT2D eigenvalue weighted by molar-refractivity contribution is -0.156. The van der Waals surface area contributed by atoms with Crippen LogP contribution >= 0.6 is 23.5 Å². The average molecular weight is 298 g/mol. The molecule has 0 bridgehead atoms. The van der Waals surface area contributed by atoms with Crippen LogP contribution in [0.4, 0.5) is 0 Å². The standard InChI is InChI=1S/C12H14N2O3S2/c15-7-3-8-10(16)14-6-12(18-1-2-19-12)4-9(14)11(17)13(8)5-7/h8-9H,1-6H2/t8-,9?/m0/s1. The fourth-order valence-corrected chi connectivity index (χ4v) is 6.78. The molecule has 102 valence electrons. The number of piperazine rings is 1. The van der Waals surface area contributed by atoms with Gasteiger partial charge in [-0.05, 0) is 0 Å². The van der Waals surface area contributed by atoms with Gasteiger partial charge in [0.15, 0.2) is 5.78 Å². The van der Waals surface area contributed by atoms with Crippen LogP contribution in [0.3, 0.4) is 0 Å². The Morgan fingerprint density at radius 1 is 1.00 bits per heavy atom. The molecule has 4 heterocycles. The van der Waals surface area contributed by atoms with Crippen molar-refractivity contribution in [3.05, 3.63) is 0 Å². The topological polar surface area (TPSA) is 57.7 Å². The molecule has 1 unspecified atom stereocenters. The molecule has 0 aromatic rings. The second-order valence-corrected chi connectivity index (χ2v) is 8.73. The summed E-state index contributed by atoms with van der Waals surface area (Å²) in [5, 5.41) is 0. The molecular formula is C12H14N2O3S2. The number of Topliss-reactive ketones (excluding diaryl/α,β-unsaturated/α-hetero) is 1. The normalized spacial score (nSPS) is 36.3. The Hall–Kier alpha value is -0.690. The van der Waals surface area contributed by atoms with Crippen molar-refractivity contribution in [3.8, 4) is 0 Å². The third-order valence-electron chi connectivity index (χ3n) is 4.39. The number of carbonyl (C=O) groups is 3. The van der Waals surface area contributed by atoms with Gasteiger partial charge in [0, 0.05) is 30.9 Å². The van der Waals surface area contributed by atoms with E-state index in [1.807, 2.05) is 23.5 Å². The lowest BCUT2D eigenvalue weighted by atomic mass is 10.1. The molecule has 4 fully saturated rings. The first-order chi connectivity index (χ1) is 9.10. The van der Waals surface area contributed by atoms with Crippen LogP contribution in [0.5, 0.6) is 0 Å². The monoisotopic (exact) mass is 298 g/mol. The molecule has 0 saturated carbocycles. The van der Waals surface area contributed by atoms with E-state index in [2.05, 4.69) is 0 Å². The van der Waals surface area contributed by atoms with E-state index in [1.54, 1.807) is 4.90 Å². The van der Waals surface area contributed by atoms with E-state index in [-0.39, 0.29) is 40.7 Å². The van der Waals surface area contributed by atoms with Gasteiger partial charge in [-0.15, -0.1) is 23.5 Å². The van der Waals surface area contributed by atoms with Gasteiger partial charge in [-0.2, -0.15) is 0 Å². The fourth-order valence-electron chi connectivity index (χ4n) is 3.52. The predicted octanol–water partition coefficient (Wildman–Crippen LogP) is -0.0528. The first-order valence-electron chi connectivity index (χ1n) is 6.50. The lowest BCUT2D eigenvalue weighted by Crippen LogP contribution is -2.60. The van der Waals surface area contributed by atoms with E-state index in [0.29, 0.717) is 6.54 Å². The van der Waals surface area contributed by atoms with E-state index in [0.717, 1.165) is 17.9 Å². The van der Waals surface area contributed by atoms with E-state index in [9.17, 15) is 14.4 Å². The van der Waals surface area contributed by atoms with Crippen LogP contribution in [-0.4, -0.2) is 68.2 Å². The minimum atomic E-state index is -0.511. The van der Waals surface area contributed by atoms with Gasteiger partial charge < -0.3 is 9.80 Å². The number of thioether (sulfide) groups is 2. The summed E-state index contributed by atoms with van der Waals surface area (Å²) < 4.78 is 0.0275. The molecule has 0 radical (unpaired) electrons. The molecule has 2 amide bonds. The van der Waals surface area contributed by atoms with Gasteiger partial charge in [-0.3, -0.25) is 14.4 Å². The van der Waals surface area contributed by atoms with Crippen LogP contribution in [0.2, 0.25) is 0 Å². The van der Waals surface area contributed by atoms with Crippen LogP contribution in [0, 0.1) is 0 Å². The first kappa shape index (κ1) is 12.1. The molecular weight excluding hydrogens is 284 g/mol. The zero-order valence-electron chi connectivity index (χ0n) is 10.3. The van der Waals surface area contributed by atoms with Gasteiger partial charge in [-0.1, -0.05) is 0 Å². The predicted molar refractivity (Wildman–Crippen MR) is 72.9 cm³/mol. The zero-order valence-corrected chi connectivity index (χ0v) is 12.0. The summed E-state index contributed by atoms with van der Waals surface area (Å²) in [6.07, 6.45) is 0.950. The van der Waals surface area contributed by atoms with Gasteiger partial charge in [0.25, 0.3) is 0 Å². The lowest BCUT2D eigenvalue weighted by Gasteiger charge is -2.37. The van der Waals surface area contributed by atoms with E-state index < -0.39 is 6.04 Å². The molecule has 4 rings (SSSR count). The second-order valence-electron chi connectivity index (χ2n) is 5.52. The third kappa shape index (κ3) is 1.60. The molecule has 19 heavy (non-hydrogen) atoms. The molecule has 0 aromatic heterocycles.